The molecule has 1 saturated heterocycles. The molecule has 4 rings (SSSR count). The first-order valence-corrected chi connectivity index (χ1v) is 9.17. The number of anilines is 3. The van der Waals surface area contributed by atoms with E-state index in [1.165, 1.54) is 0 Å². The summed E-state index contributed by atoms with van der Waals surface area (Å²) in [5, 5.41) is 3.22. The minimum absolute atomic E-state index is 0.534. The Balaban J connectivity index is 1.39. The van der Waals surface area contributed by atoms with Crippen molar-refractivity contribution < 1.29 is 9.53 Å². The maximum absolute atomic E-state index is 10.8. The first kappa shape index (κ1) is 17.8. The molecule has 1 aliphatic rings. The number of piperazine rings is 1. The number of carbonyl (C=O) groups excluding carboxylic acids is 1. The van der Waals surface area contributed by atoms with Crippen LogP contribution in [0, 0.1) is 0 Å². The maximum Gasteiger partial charge on any atom is 0.229 e. The fourth-order valence-electron chi connectivity index (χ4n) is 3.00. The lowest BCUT2D eigenvalue weighted by atomic mass is 10.3. The van der Waals surface area contributed by atoms with Gasteiger partial charge in [0.05, 0.1) is 0 Å². The first-order chi connectivity index (χ1) is 13.8. The van der Waals surface area contributed by atoms with Crippen molar-refractivity contribution in [1.29, 1.82) is 0 Å². The molecule has 2 aromatic carbocycles. The minimum Gasteiger partial charge on any atom is -0.457 e. The molecule has 0 atom stereocenters. The number of benzene rings is 2. The molecule has 142 valence electrons. The number of amides is 1. The van der Waals surface area contributed by atoms with Crippen molar-refractivity contribution in [3.05, 3.63) is 66.9 Å². The smallest absolute Gasteiger partial charge is 0.229 e. The number of nitrogens with one attached hydrogen (secondary N) is 1. The molecule has 7 nitrogen and oxygen atoms in total. The largest absolute Gasteiger partial charge is 0.457 e. The molecule has 1 amide bonds. The quantitative estimate of drug-likeness (QED) is 0.667. The molecule has 0 spiro atoms. The fourth-order valence-corrected chi connectivity index (χ4v) is 3.00. The van der Waals surface area contributed by atoms with Crippen LogP contribution in [-0.4, -0.2) is 47.5 Å². The van der Waals surface area contributed by atoms with Crippen molar-refractivity contribution in [1.82, 2.24) is 14.9 Å². The molecule has 0 unspecified atom stereocenters. The van der Waals surface area contributed by atoms with E-state index in [0.717, 1.165) is 42.5 Å². The number of rotatable bonds is 6. The van der Waals surface area contributed by atoms with Crippen molar-refractivity contribution in [3.63, 3.8) is 0 Å². The Hall–Kier alpha value is -3.61. The van der Waals surface area contributed by atoms with Gasteiger partial charge in [-0.1, -0.05) is 18.2 Å². The predicted molar refractivity (Wildman–Crippen MR) is 108 cm³/mol. The zero-order chi connectivity index (χ0) is 19.2. The number of ether oxygens (including phenoxy) is 1. The van der Waals surface area contributed by atoms with Gasteiger partial charge in [0.2, 0.25) is 12.4 Å². The lowest BCUT2D eigenvalue weighted by Gasteiger charge is -2.33. The maximum atomic E-state index is 10.8. The van der Waals surface area contributed by atoms with Gasteiger partial charge in [-0.2, -0.15) is 4.98 Å². The van der Waals surface area contributed by atoms with Gasteiger partial charge in [0.25, 0.3) is 0 Å². The summed E-state index contributed by atoms with van der Waals surface area (Å²) in [6, 6.07) is 19.2. The van der Waals surface area contributed by atoms with Crippen molar-refractivity contribution in [2.24, 2.45) is 0 Å². The minimum atomic E-state index is 0.534. The molecule has 1 aliphatic heterocycles. The number of nitrogens with zero attached hydrogens (tertiary/aromatic N) is 4. The Morgan fingerprint density at radius 1 is 0.893 bits per heavy atom. The Labute approximate surface area is 163 Å². The van der Waals surface area contributed by atoms with Gasteiger partial charge in [0.1, 0.15) is 17.3 Å². The number of hydrogen-bond acceptors (Lipinski definition) is 6. The number of para-hydroxylation sites is 1. The molecule has 0 saturated carbocycles. The SMILES string of the molecule is O=CN1CCN(c2ccnc(Nc3ccc(Oc4ccccc4)cc3)n2)CC1. The molecule has 1 N–H and O–H groups in total. The van der Waals surface area contributed by atoms with E-state index < -0.39 is 0 Å². The van der Waals surface area contributed by atoms with Crippen LogP contribution in [0.3, 0.4) is 0 Å². The third kappa shape index (κ3) is 4.37. The van der Waals surface area contributed by atoms with Crippen LogP contribution in [0.2, 0.25) is 0 Å². The van der Waals surface area contributed by atoms with E-state index >= 15 is 0 Å². The van der Waals surface area contributed by atoms with Gasteiger partial charge in [0, 0.05) is 38.1 Å². The number of carbonyl (C=O) groups is 1. The third-order valence-corrected chi connectivity index (χ3v) is 4.52. The Morgan fingerprint density at radius 3 is 2.32 bits per heavy atom. The van der Waals surface area contributed by atoms with Crippen molar-refractivity contribution in [2.45, 2.75) is 0 Å². The van der Waals surface area contributed by atoms with E-state index in [1.54, 1.807) is 11.1 Å². The Morgan fingerprint density at radius 2 is 1.61 bits per heavy atom. The van der Waals surface area contributed by atoms with Gasteiger partial charge in [-0.25, -0.2) is 4.98 Å². The van der Waals surface area contributed by atoms with E-state index in [1.807, 2.05) is 60.7 Å². The summed E-state index contributed by atoms with van der Waals surface area (Å²) in [5.41, 5.74) is 0.878. The normalized spacial score (nSPS) is 13.9. The van der Waals surface area contributed by atoms with E-state index in [0.29, 0.717) is 19.0 Å². The highest BCUT2D eigenvalue weighted by Gasteiger charge is 2.17. The molecule has 28 heavy (non-hydrogen) atoms. The standard InChI is InChI=1S/C21H21N5O2/c27-16-25-12-14-26(15-13-25)20-10-11-22-21(24-20)23-17-6-8-19(9-7-17)28-18-4-2-1-3-5-18/h1-11,16H,12-15H2,(H,22,23,24). The summed E-state index contributed by atoms with van der Waals surface area (Å²) in [7, 11) is 0. The summed E-state index contributed by atoms with van der Waals surface area (Å²) >= 11 is 0. The van der Waals surface area contributed by atoms with Crippen LogP contribution in [0.15, 0.2) is 66.9 Å². The Bertz CT molecular complexity index is 910. The van der Waals surface area contributed by atoms with Gasteiger partial charge in [-0.05, 0) is 42.5 Å². The van der Waals surface area contributed by atoms with Crippen LogP contribution in [0.4, 0.5) is 17.5 Å². The molecule has 3 aromatic rings. The van der Waals surface area contributed by atoms with Crippen molar-refractivity contribution in [3.8, 4) is 11.5 Å². The molecular formula is C21H21N5O2. The van der Waals surface area contributed by atoms with E-state index in [2.05, 4.69) is 20.2 Å². The number of aromatic nitrogens is 2. The average Bonchev–Trinajstić information content (AvgIpc) is 2.76. The summed E-state index contributed by atoms with van der Waals surface area (Å²) in [6.45, 7) is 2.94. The molecule has 0 bridgehead atoms. The van der Waals surface area contributed by atoms with Crippen LogP contribution in [0.1, 0.15) is 0 Å². The van der Waals surface area contributed by atoms with E-state index in [-0.39, 0.29) is 0 Å². The summed E-state index contributed by atoms with van der Waals surface area (Å²) in [4.78, 5) is 23.7. The zero-order valence-electron chi connectivity index (χ0n) is 15.4. The molecule has 7 heteroatoms. The van der Waals surface area contributed by atoms with Gasteiger partial charge in [-0.15, -0.1) is 0 Å². The lowest BCUT2D eigenvalue weighted by molar-refractivity contribution is -0.118. The highest BCUT2D eigenvalue weighted by Crippen LogP contribution is 2.24. The van der Waals surface area contributed by atoms with Crippen LogP contribution < -0.4 is 15.0 Å². The highest BCUT2D eigenvalue weighted by atomic mass is 16.5. The summed E-state index contributed by atoms with van der Waals surface area (Å²) in [6.07, 6.45) is 2.64. The van der Waals surface area contributed by atoms with Crippen molar-refractivity contribution >= 4 is 23.9 Å². The van der Waals surface area contributed by atoms with Gasteiger partial charge >= 0.3 is 0 Å². The topological polar surface area (TPSA) is 70.6 Å². The molecular weight excluding hydrogens is 354 g/mol. The van der Waals surface area contributed by atoms with Crippen LogP contribution in [-0.2, 0) is 4.79 Å². The number of hydrogen-bond donors (Lipinski definition) is 1. The van der Waals surface area contributed by atoms with E-state index in [9.17, 15) is 4.79 Å². The summed E-state index contributed by atoms with van der Waals surface area (Å²) in [5.74, 6) is 2.95. The van der Waals surface area contributed by atoms with Crippen LogP contribution >= 0.6 is 0 Å². The first-order valence-electron chi connectivity index (χ1n) is 9.17. The van der Waals surface area contributed by atoms with Crippen LogP contribution in [0.25, 0.3) is 0 Å². The summed E-state index contributed by atoms with van der Waals surface area (Å²) < 4.78 is 5.81. The second-order valence-corrected chi connectivity index (χ2v) is 6.43. The zero-order valence-corrected chi connectivity index (χ0v) is 15.4. The fraction of sp³-hybridized carbons (Fsp3) is 0.190. The van der Waals surface area contributed by atoms with Crippen molar-refractivity contribution in [2.75, 3.05) is 36.4 Å². The van der Waals surface area contributed by atoms with Gasteiger partial charge in [0.15, 0.2) is 0 Å². The lowest BCUT2D eigenvalue weighted by Crippen LogP contribution is -2.46. The third-order valence-electron chi connectivity index (χ3n) is 4.52. The molecule has 1 fully saturated rings. The molecule has 0 aliphatic carbocycles. The van der Waals surface area contributed by atoms with Gasteiger partial charge < -0.3 is 19.9 Å². The second-order valence-electron chi connectivity index (χ2n) is 6.43. The molecule has 0 radical (unpaired) electrons. The second kappa shape index (κ2) is 8.39. The molecule has 2 heterocycles. The predicted octanol–water partition coefficient (Wildman–Crippen LogP) is 3.29. The molecule has 1 aromatic heterocycles. The van der Waals surface area contributed by atoms with Gasteiger partial charge in [-0.3, -0.25) is 4.79 Å². The Kier molecular flexibility index (Phi) is 5.33. The van der Waals surface area contributed by atoms with Crippen LogP contribution in [0.5, 0.6) is 11.5 Å². The highest BCUT2D eigenvalue weighted by molar-refractivity contribution is 5.56. The monoisotopic (exact) mass is 375 g/mol. The van der Waals surface area contributed by atoms with E-state index in [4.69, 9.17) is 4.74 Å². The average molecular weight is 375 g/mol.